The number of benzene rings is 12. The third-order valence-electron chi connectivity index (χ3n) is 17.7. The van der Waals surface area contributed by atoms with E-state index in [0.717, 1.165) is 133 Å². The molecule has 17 aromatic rings. The Balaban J connectivity index is 0.00000684. The average molecular weight is 1340 g/mol. The first-order valence-corrected chi connectivity index (χ1v) is 29.9. The van der Waals surface area contributed by atoms with Gasteiger partial charge in [0.25, 0.3) is 6.33 Å². The molecule has 90 heavy (non-hydrogen) atoms. The number of pyridine rings is 1. The fourth-order valence-electron chi connectivity index (χ4n) is 13.7. The summed E-state index contributed by atoms with van der Waals surface area (Å²) >= 11 is 0. The standard InChI is InChI=1S/C82H53N5O2.Pt/c1-82(2,3)54-42-43-83-78(47-54)87-72-35-15-11-28-63(72)64-40-39-57(49-74(64)87)88-56-23-17-22-55(48-56)84-50-85-80-67(32-19-36-73(80)86-70-33-13-9-26-61(70)62-27-10-14-34-71(62)86)79-58(51-20-5-4-6-21-51)30-18-31-66(79)59-24-7-8-25-60(59)69-45-53(46-75(84)81(69)85)52-38-41-77-68(44-52)65-29-12-16-37-76(65)89-77;/h4-47H,1-3H3;/q-2;/i4D,5D,6D,20D,21D;. The molecule has 0 bridgehead atoms. The molecule has 1 aliphatic heterocycles. The van der Waals surface area contributed by atoms with Crippen molar-refractivity contribution in [2.45, 2.75) is 26.2 Å². The number of hydrogen-bond donors (Lipinski definition) is 0. The minimum absolute atomic E-state index is 0. The normalized spacial score (nSPS) is 12.9. The van der Waals surface area contributed by atoms with E-state index in [1.807, 2.05) is 66.9 Å². The van der Waals surface area contributed by atoms with Crippen LogP contribution in [0.2, 0.25) is 0 Å². The maximum Gasteiger partial charge on any atom is 0.268 e. The van der Waals surface area contributed by atoms with Gasteiger partial charge in [-0.2, -0.15) is 18.2 Å². The number of rotatable bonds is 7. The molecule has 0 spiro atoms. The minimum Gasteiger partial charge on any atom is -0.510 e. The molecule has 5 aromatic heterocycles. The summed E-state index contributed by atoms with van der Waals surface area (Å²) < 4.78 is 68.1. The molecular weight excluding hydrogens is 1280 g/mol. The van der Waals surface area contributed by atoms with E-state index < -0.39 is 18.1 Å². The van der Waals surface area contributed by atoms with Gasteiger partial charge in [-0.3, -0.25) is 4.57 Å². The smallest absolute Gasteiger partial charge is 0.268 e. The molecule has 0 unspecified atom stereocenters. The maximum atomic E-state index is 9.58. The molecule has 0 N–H and O–H groups in total. The van der Waals surface area contributed by atoms with Crippen LogP contribution in [0.5, 0.6) is 11.5 Å². The third-order valence-corrected chi connectivity index (χ3v) is 17.7. The van der Waals surface area contributed by atoms with E-state index in [0.29, 0.717) is 28.3 Å². The van der Waals surface area contributed by atoms with E-state index in [1.54, 1.807) is 0 Å². The minimum atomic E-state index is -0.460. The molecular formula is C82H53N5O2Pt-2. The molecule has 430 valence electrons. The van der Waals surface area contributed by atoms with Crippen molar-refractivity contribution in [3.63, 3.8) is 0 Å². The van der Waals surface area contributed by atoms with Crippen LogP contribution >= 0.6 is 0 Å². The second-order valence-corrected chi connectivity index (χ2v) is 23.9. The molecule has 0 radical (unpaired) electrons. The predicted octanol–water partition coefficient (Wildman–Crippen LogP) is 20.5. The van der Waals surface area contributed by atoms with Gasteiger partial charge in [-0.05, 0) is 138 Å². The van der Waals surface area contributed by atoms with Crippen molar-refractivity contribution in [3.8, 4) is 90.0 Å². The van der Waals surface area contributed by atoms with Gasteiger partial charge in [-0.1, -0.05) is 196 Å². The zero-order valence-corrected chi connectivity index (χ0v) is 51.2. The molecule has 0 saturated carbocycles. The van der Waals surface area contributed by atoms with Crippen LogP contribution in [0.1, 0.15) is 33.2 Å². The Kier molecular flexibility index (Phi) is 11.0. The zero-order chi connectivity index (χ0) is 63.4. The van der Waals surface area contributed by atoms with Crippen molar-refractivity contribution in [2.75, 3.05) is 0 Å². The van der Waals surface area contributed by atoms with Gasteiger partial charge in [0.05, 0.1) is 40.3 Å². The summed E-state index contributed by atoms with van der Waals surface area (Å²) in [6, 6.07) is 84.5. The summed E-state index contributed by atoms with van der Waals surface area (Å²) in [6.07, 6.45) is 5.89. The Hall–Kier alpha value is -10.9. The van der Waals surface area contributed by atoms with Crippen molar-refractivity contribution >= 4 is 76.6 Å². The van der Waals surface area contributed by atoms with Crippen LogP contribution in [0.15, 0.2) is 271 Å². The molecule has 18 rings (SSSR count). The van der Waals surface area contributed by atoms with Gasteiger partial charge in [0.1, 0.15) is 17.0 Å². The van der Waals surface area contributed by atoms with E-state index >= 15 is 0 Å². The summed E-state index contributed by atoms with van der Waals surface area (Å²) in [4.78, 5) is 4.93. The van der Waals surface area contributed by atoms with Crippen molar-refractivity contribution in [1.29, 1.82) is 0 Å². The van der Waals surface area contributed by atoms with Gasteiger partial charge in [-0.25, -0.2) is 4.98 Å². The predicted molar refractivity (Wildman–Crippen MR) is 361 cm³/mol. The SMILES string of the molecule is [2H]c1c([2H])c([2H])c(-c2cccc3c2-c2cccc(-n4c5ccccc5c5ccccc54)c2-[n+]2[c-]n(-c4[c-]c(Oc5[c-]c6c(cc5)c5ccccc5n6-c5cc(C(C)(C)C)ccn5)ccc4)c4cc(-c5ccc6oc7ccccc7c6c5)cc(c42)-c2ccccc2-3)c([2H])c1[2H].[Pt]. The number of imidazole rings is 1. The fraction of sp³-hybridized carbons (Fsp3) is 0.0488. The summed E-state index contributed by atoms with van der Waals surface area (Å²) in [5.41, 5.74) is 17.7. The van der Waals surface area contributed by atoms with E-state index in [9.17, 15) is 2.74 Å². The molecule has 7 nitrogen and oxygen atoms in total. The topological polar surface area (TPSA) is 53.9 Å². The monoisotopic (exact) mass is 1340 g/mol. The number of nitrogens with zero attached hydrogens (tertiary/aromatic N) is 5. The summed E-state index contributed by atoms with van der Waals surface area (Å²) in [5.74, 6) is 1.74. The molecule has 0 aliphatic carbocycles. The Bertz CT molecular complexity index is 6030. The number of fused-ring (bicyclic) bond motifs is 16. The summed E-state index contributed by atoms with van der Waals surface area (Å²) in [5, 5.41) is 6.26. The van der Waals surface area contributed by atoms with Crippen molar-refractivity contribution in [2.24, 2.45) is 0 Å². The number of hydrogen-bond acceptors (Lipinski definition) is 3. The van der Waals surface area contributed by atoms with Crippen molar-refractivity contribution < 1.29 is 41.6 Å². The molecule has 12 aromatic carbocycles. The van der Waals surface area contributed by atoms with Crippen molar-refractivity contribution in [3.05, 3.63) is 291 Å². The van der Waals surface area contributed by atoms with Gasteiger partial charge in [0, 0.05) is 65.8 Å². The second kappa shape index (κ2) is 20.6. The van der Waals surface area contributed by atoms with Crippen LogP contribution in [-0.4, -0.2) is 18.7 Å². The number of ether oxygens (including phenoxy) is 1. The molecule has 0 amide bonds. The van der Waals surface area contributed by atoms with Crippen LogP contribution in [0.25, 0.3) is 155 Å². The number of furan rings is 1. The molecule has 8 heteroatoms. The van der Waals surface area contributed by atoms with E-state index in [1.165, 1.54) is 5.56 Å². The first-order chi connectivity index (χ1) is 45.8. The second-order valence-electron chi connectivity index (χ2n) is 23.9. The van der Waals surface area contributed by atoms with Gasteiger partial charge in [-0.15, -0.1) is 29.7 Å². The van der Waals surface area contributed by atoms with Crippen LogP contribution in [-0.2, 0) is 26.5 Å². The maximum absolute atomic E-state index is 9.58. The molecule has 6 heterocycles. The summed E-state index contributed by atoms with van der Waals surface area (Å²) in [6.45, 7) is 6.63. The Morgan fingerprint density at radius 1 is 0.478 bits per heavy atom. The van der Waals surface area contributed by atoms with Gasteiger partial charge in [0.2, 0.25) is 0 Å². The Morgan fingerprint density at radius 3 is 1.89 bits per heavy atom. The molecule has 0 saturated heterocycles. The number of para-hydroxylation sites is 5. The van der Waals surface area contributed by atoms with E-state index in [-0.39, 0.29) is 44.1 Å². The molecule has 0 fully saturated rings. The van der Waals surface area contributed by atoms with Crippen LogP contribution < -0.4 is 9.30 Å². The molecule has 1 aliphatic rings. The van der Waals surface area contributed by atoms with Crippen LogP contribution in [0.3, 0.4) is 0 Å². The van der Waals surface area contributed by atoms with Crippen molar-refractivity contribution in [1.82, 2.24) is 18.7 Å². The fourth-order valence-corrected chi connectivity index (χ4v) is 13.7. The van der Waals surface area contributed by atoms with Gasteiger partial charge >= 0.3 is 0 Å². The van der Waals surface area contributed by atoms with Gasteiger partial charge in [0.15, 0.2) is 0 Å². The van der Waals surface area contributed by atoms with E-state index in [2.05, 4.69) is 227 Å². The molecule has 0 atom stereocenters. The third kappa shape index (κ3) is 8.30. The van der Waals surface area contributed by atoms with E-state index in [4.69, 9.17) is 18.3 Å². The average Bonchev–Trinajstić information content (AvgIpc) is 1.59. The summed E-state index contributed by atoms with van der Waals surface area (Å²) in [7, 11) is 0. The number of aromatic nitrogens is 5. The van der Waals surface area contributed by atoms with Crippen LogP contribution in [0.4, 0.5) is 0 Å². The quantitative estimate of drug-likeness (QED) is 0.118. The first kappa shape index (κ1) is 48.2. The Morgan fingerprint density at radius 2 is 1.11 bits per heavy atom. The Labute approximate surface area is 540 Å². The zero-order valence-electron chi connectivity index (χ0n) is 53.9. The first-order valence-electron chi connectivity index (χ1n) is 32.4. The van der Waals surface area contributed by atoms with Gasteiger partial charge < -0.3 is 22.9 Å². The van der Waals surface area contributed by atoms with Crippen LogP contribution in [0, 0.1) is 18.5 Å². The largest absolute Gasteiger partial charge is 0.510 e.